The van der Waals surface area contributed by atoms with E-state index >= 15 is 0 Å². The summed E-state index contributed by atoms with van der Waals surface area (Å²) in [5.74, 6) is -1.14. The van der Waals surface area contributed by atoms with Crippen LogP contribution in [0.15, 0.2) is 48.5 Å². The van der Waals surface area contributed by atoms with Crippen molar-refractivity contribution >= 4 is 12.1 Å². The van der Waals surface area contributed by atoms with Gasteiger partial charge in [0.05, 0.1) is 6.61 Å². The molecule has 27 heavy (non-hydrogen) atoms. The van der Waals surface area contributed by atoms with Crippen molar-refractivity contribution in [3.8, 4) is 11.1 Å². The number of ether oxygens (including phenoxy) is 2. The van der Waals surface area contributed by atoms with Gasteiger partial charge >= 0.3 is 12.1 Å². The van der Waals surface area contributed by atoms with Gasteiger partial charge in [0, 0.05) is 19.1 Å². The Balaban J connectivity index is 1.71. The zero-order valence-corrected chi connectivity index (χ0v) is 15.3. The van der Waals surface area contributed by atoms with Crippen molar-refractivity contribution in [1.29, 1.82) is 0 Å². The number of carbonyl (C=O) groups excluding carboxylic acids is 1. The minimum absolute atomic E-state index is 0.0556. The normalized spacial score (nSPS) is 12.3. The van der Waals surface area contributed by atoms with Crippen molar-refractivity contribution in [2.75, 3.05) is 32.9 Å². The smallest absolute Gasteiger partial charge is 0.410 e. The Labute approximate surface area is 158 Å². The van der Waals surface area contributed by atoms with Crippen molar-refractivity contribution in [2.45, 2.75) is 12.8 Å². The number of hydrogen-bond acceptors (Lipinski definition) is 4. The molecule has 0 radical (unpaired) electrons. The first-order valence-electron chi connectivity index (χ1n) is 9.01. The molecule has 142 valence electrons. The van der Waals surface area contributed by atoms with Crippen LogP contribution in [0.2, 0.25) is 0 Å². The molecule has 0 bridgehead atoms. The fraction of sp³-hybridized carbons (Fsp3) is 0.333. The van der Waals surface area contributed by atoms with Gasteiger partial charge in [-0.05, 0) is 29.2 Å². The van der Waals surface area contributed by atoms with Crippen LogP contribution in [0.25, 0.3) is 11.1 Å². The largest absolute Gasteiger partial charge is 0.480 e. The Morgan fingerprint density at radius 3 is 2.19 bits per heavy atom. The SMILES string of the molecule is CCOCCN(CC(=O)O)C(=O)OCC1c2ccccc2-c2ccccc21. The lowest BCUT2D eigenvalue weighted by atomic mass is 9.98. The fourth-order valence-corrected chi connectivity index (χ4v) is 3.40. The molecule has 1 N–H and O–H groups in total. The quantitative estimate of drug-likeness (QED) is 0.722. The highest BCUT2D eigenvalue weighted by Crippen LogP contribution is 2.44. The van der Waals surface area contributed by atoms with E-state index in [4.69, 9.17) is 14.6 Å². The van der Waals surface area contributed by atoms with Crippen LogP contribution in [0.4, 0.5) is 4.79 Å². The van der Waals surface area contributed by atoms with E-state index < -0.39 is 18.6 Å². The maximum Gasteiger partial charge on any atom is 0.410 e. The predicted octanol–water partition coefficient (Wildman–Crippen LogP) is 3.36. The minimum atomic E-state index is -1.08. The Hall–Kier alpha value is -2.86. The van der Waals surface area contributed by atoms with Crippen LogP contribution in [0, 0.1) is 0 Å². The second-order valence-electron chi connectivity index (χ2n) is 6.32. The number of carboxylic acid groups (broad SMARTS) is 1. The zero-order valence-electron chi connectivity index (χ0n) is 15.3. The van der Waals surface area contributed by atoms with Crippen LogP contribution in [0.5, 0.6) is 0 Å². The van der Waals surface area contributed by atoms with E-state index in [1.807, 2.05) is 43.3 Å². The third-order valence-corrected chi connectivity index (χ3v) is 4.63. The van der Waals surface area contributed by atoms with E-state index in [9.17, 15) is 9.59 Å². The van der Waals surface area contributed by atoms with E-state index in [1.54, 1.807) is 0 Å². The highest BCUT2D eigenvalue weighted by molar-refractivity contribution is 5.79. The molecule has 3 rings (SSSR count). The van der Waals surface area contributed by atoms with E-state index in [-0.39, 0.29) is 25.7 Å². The molecule has 0 aromatic heterocycles. The first kappa shape index (κ1) is 18.9. The highest BCUT2D eigenvalue weighted by atomic mass is 16.6. The summed E-state index contributed by atoms with van der Waals surface area (Å²) in [6.45, 7) is 2.55. The molecule has 0 atom stereocenters. The van der Waals surface area contributed by atoms with Crippen LogP contribution >= 0.6 is 0 Å². The Morgan fingerprint density at radius 1 is 1.04 bits per heavy atom. The standard InChI is InChI=1S/C21H23NO5/c1-2-26-12-11-22(13-20(23)24)21(25)27-14-19-17-9-5-3-7-15(17)16-8-4-6-10-18(16)19/h3-10,19H,2,11-14H2,1H3,(H,23,24). The maximum atomic E-state index is 12.4. The zero-order chi connectivity index (χ0) is 19.2. The van der Waals surface area contributed by atoms with E-state index in [1.165, 1.54) is 0 Å². The number of nitrogens with zero attached hydrogens (tertiary/aromatic N) is 1. The predicted molar refractivity (Wildman–Crippen MR) is 101 cm³/mol. The van der Waals surface area contributed by atoms with Gasteiger partial charge in [-0.15, -0.1) is 0 Å². The third kappa shape index (κ3) is 4.28. The van der Waals surface area contributed by atoms with Crippen molar-refractivity contribution in [3.63, 3.8) is 0 Å². The van der Waals surface area contributed by atoms with Crippen LogP contribution in [0.1, 0.15) is 24.0 Å². The third-order valence-electron chi connectivity index (χ3n) is 4.63. The summed E-state index contributed by atoms with van der Waals surface area (Å²) >= 11 is 0. The van der Waals surface area contributed by atoms with E-state index in [0.717, 1.165) is 27.2 Å². The Kier molecular flexibility index (Phi) is 6.08. The molecule has 6 heteroatoms. The first-order valence-corrected chi connectivity index (χ1v) is 9.01. The number of benzene rings is 2. The molecule has 0 heterocycles. The lowest BCUT2D eigenvalue weighted by Crippen LogP contribution is -2.39. The second-order valence-corrected chi connectivity index (χ2v) is 6.32. The first-order chi connectivity index (χ1) is 13.1. The lowest BCUT2D eigenvalue weighted by Gasteiger charge is -2.22. The molecule has 2 aromatic carbocycles. The summed E-state index contributed by atoms with van der Waals surface area (Å²) in [7, 11) is 0. The van der Waals surface area contributed by atoms with E-state index in [2.05, 4.69) is 12.1 Å². The maximum absolute atomic E-state index is 12.4. The lowest BCUT2D eigenvalue weighted by molar-refractivity contribution is -0.138. The van der Waals surface area contributed by atoms with Crippen LogP contribution in [0.3, 0.4) is 0 Å². The number of rotatable bonds is 8. The number of hydrogen-bond donors (Lipinski definition) is 1. The van der Waals surface area contributed by atoms with Gasteiger partial charge in [-0.3, -0.25) is 9.69 Å². The molecule has 0 spiro atoms. The van der Waals surface area contributed by atoms with Gasteiger partial charge < -0.3 is 14.6 Å². The van der Waals surface area contributed by atoms with Crippen molar-refractivity contribution in [3.05, 3.63) is 59.7 Å². The summed E-state index contributed by atoms with van der Waals surface area (Å²) in [6, 6.07) is 16.1. The van der Waals surface area contributed by atoms with Crippen molar-refractivity contribution in [1.82, 2.24) is 4.90 Å². The number of amides is 1. The second kappa shape index (κ2) is 8.68. The number of fused-ring (bicyclic) bond motifs is 3. The molecule has 6 nitrogen and oxygen atoms in total. The summed E-state index contributed by atoms with van der Waals surface area (Å²) in [5, 5.41) is 9.04. The molecular formula is C21H23NO5. The van der Waals surface area contributed by atoms with Crippen LogP contribution in [-0.4, -0.2) is 55.0 Å². The Bertz CT molecular complexity index is 774. The summed E-state index contributed by atoms with van der Waals surface area (Å²) < 4.78 is 10.7. The van der Waals surface area contributed by atoms with Gasteiger partial charge in [-0.1, -0.05) is 48.5 Å². The van der Waals surface area contributed by atoms with Gasteiger partial charge in [0.15, 0.2) is 0 Å². The topological polar surface area (TPSA) is 76.1 Å². The molecule has 1 amide bonds. The summed E-state index contributed by atoms with van der Waals surface area (Å²) in [6.07, 6.45) is -0.640. The molecule has 2 aromatic rings. The van der Waals surface area contributed by atoms with Gasteiger partial charge in [-0.25, -0.2) is 4.79 Å². The van der Waals surface area contributed by atoms with Gasteiger partial charge in [0.1, 0.15) is 13.2 Å². The average molecular weight is 369 g/mol. The molecular weight excluding hydrogens is 346 g/mol. The van der Waals surface area contributed by atoms with E-state index in [0.29, 0.717) is 6.61 Å². The van der Waals surface area contributed by atoms with Gasteiger partial charge in [0.25, 0.3) is 0 Å². The molecule has 0 aliphatic heterocycles. The molecule has 1 aliphatic carbocycles. The molecule has 1 aliphatic rings. The molecule has 0 saturated carbocycles. The minimum Gasteiger partial charge on any atom is -0.480 e. The summed E-state index contributed by atoms with van der Waals surface area (Å²) in [5.41, 5.74) is 4.52. The average Bonchev–Trinajstić information content (AvgIpc) is 2.99. The van der Waals surface area contributed by atoms with Crippen molar-refractivity contribution < 1.29 is 24.2 Å². The fourth-order valence-electron chi connectivity index (χ4n) is 3.40. The number of aliphatic carboxylic acids is 1. The molecule has 0 saturated heterocycles. The Morgan fingerprint density at radius 2 is 1.63 bits per heavy atom. The van der Waals surface area contributed by atoms with Crippen LogP contribution < -0.4 is 0 Å². The van der Waals surface area contributed by atoms with Crippen molar-refractivity contribution in [2.24, 2.45) is 0 Å². The highest BCUT2D eigenvalue weighted by Gasteiger charge is 2.29. The molecule has 0 fully saturated rings. The summed E-state index contributed by atoms with van der Waals surface area (Å²) in [4.78, 5) is 24.6. The monoisotopic (exact) mass is 369 g/mol. The number of carbonyl (C=O) groups is 2. The number of carboxylic acids is 1. The van der Waals surface area contributed by atoms with Gasteiger partial charge in [0.2, 0.25) is 0 Å². The molecule has 0 unspecified atom stereocenters. The van der Waals surface area contributed by atoms with Gasteiger partial charge in [-0.2, -0.15) is 0 Å². The van der Waals surface area contributed by atoms with Crippen LogP contribution in [-0.2, 0) is 14.3 Å².